The molecule has 39 heavy (non-hydrogen) atoms. The van der Waals surface area contributed by atoms with E-state index in [4.69, 9.17) is 14.6 Å². The molecule has 1 saturated heterocycles. The molecule has 1 aromatic carbocycles. The van der Waals surface area contributed by atoms with Crippen LogP contribution in [0.25, 0.3) is 0 Å². The Morgan fingerprint density at radius 1 is 1.21 bits per heavy atom. The number of nitrogens with zero attached hydrogens (tertiary/aromatic N) is 2. The first-order chi connectivity index (χ1) is 18.1. The Kier molecular flexibility index (Phi) is 9.08. The van der Waals surface area contributed by atoms with Crippen LogP contribution in [0.1, 0.15) is 33.3 Å². The molecular weight excluding hydrogens is 552 g/mol. The van der Waals surface area contributed by atoms with Crippen molar-refractivity contribution in [3.63, 3.8) is 0 Å². The van der Waals surface area contributed by atoms with Crippen molar-refractivity contribution in [3.05, 3.63) is 63.1 Å². The smallest absolute Gasteiger partial charge is 0.479 e. The number of aliphatic carboxylic acids is 1. The molecule has 210 valence electrons. The largest absolute Gasteiger partial charge is 0.511 e. The van der Waals surface area contributed by atoms with Crippen LogP contribution in [0.4, 0.5) is 13.6 Å². The van der Waals surface area contributed by atoms with E-state index in [-0.39, 0.29) is 49.4 Å². The number of fused-ring (bicyclic) bond motifs is 2. The van der Waals surface area contributed by atoms with Crippen LogP contribution in [-0.2, 0) is 32.1 Å². The van der Waals surface area contributed by atoms with Crippen molar-refractivity contribution in [2.24, 2.45) is 0 Å². The summed E-state index contributed by atoms with van der Waals surface area (Å²) in [4.78, 5) is 62.8. The van der Waals surface area contributed by atoms with Gasteiger partial charge in [0.1, 0.15) is 17.2 Å². The van der Waals surface area contributed by atoms with Crippen LogP contribution in [0, 0.1) is 11.6 Å². The molecule has 2 amide bonds. The normalized spacial score (nSPS) is 17.4. The lowest BCUT2D eigenvalue weighted by molar-refractivity contribution is -0.141. The van der Waals surface area contributed by atoms with E-state index in [0.29, 0.717) is 6.07 Å². The van der Waals surface area contributed by atoms with Crippen molar-refractivity contribution in [1.29, 1.82) is 0 Å². The van der Waals surface area contributed by atoms with Gasteiger partial charge in [-0.3, -0.25) is 14.4 Å². The summed E-state index contributed by atoms with van der Waals surface area (Å²) in [5.41, 5.74) is -1.78. The number of pyridine rings is 1. The predicted octanol–water partition coefficient (Wildman–Crippen LogP) is 1.25. The van der Waals surface area contributed by atoms with E-state index < -0.39 is 71.9 Å². The SMILES string of the molecule is C[C@H]1CO[C@@H]2Cn3cc(C(=O)NCc4ccc(F)cc4F)c(=O)c(OCOC(=O)OCC(=O)O)c3C(=O)N12.Cl. The van der Waals surface area contributed by atoms with Crippen LogP contribution in [0.5, 0.6) is 5.75 Å². The minimum atomic E-state index is -1.43. The average Bonchev–Trinajstić information content (AvgIpc) is 3.23. The first-order valence-corrected chi connectivity index (χ1v) is 11.1. The summed E-state index contributed by atoms with van der Waals surface area (Å²) in [7, 11) is 0. The molecule has 0 aliphatic carbocycles. The van der Waals surface area contributed by atoms with E-state index >= 15 is 0 Å². The molecule has 0 bridgehead atoms. The van der Waals surface area contributed by atoms with E-state index in [9.17, 15) is 32.8 Å². The van der Waals surface area contributed by atoms with E-state index in [1.807, 2.05) is 0 Å². The third-order valence-corrected chi connectivity index (χ3v) is 5.74. The van der Waals surface area contributed by atoms with Crippen molar-refractivity contribution in [1.82, 2.24) is 14.8 Å². The molecule has 16 heteroatoms. The number of benzene rings is 1. The molecule has 0 radical (unpaired) electrons. The molecule has 2 aliphatic heterocycles. The predicted molar refractivity (Wildman–Crippen MR) is 126 cm³/mol. The molecule has 1 fully saturated rings. The molecule has 2 aliphatic rings. The molecular formula is C23H22ClF2N3O10. The number of rotatable bonds is 8. The number of carboxylic acids is 1. The molecule has 0 unspecified atom stereocenters. The van der Waals surface area contributed by atoms with E-state index in [2.05, 4.69) is 14.8 Å². The fourth-order valence-electron chi connectivity index (χ4n) is 3.99. The van der Waals surface area contributed by atoms with Crippen LogP contribution in [0.15, 0.2) is 29.2 Å². The maximum atomic E-state index is 14.0. The van der Waals surface area contributed by atoms with Crippen molar-refractivity contribution in [2.75, 3.05) is 20.0 Å². The summed E-state index contributed by atoms with van der Waals surface area (Å²) in [6, 6.07) is 2.46. The number of hydrogen-bond acceptors (Lipinski definition) is 9. The van der Waals surface area contributed by atoms with Crippen molar-refractivity contribution in [2.45, 2.75) is 32.3 Å². The Bertz CT molecular complexity index is 1370. The highest BCUT2D eigenvalue weighted by Crippen LogP contribution is 2.30. The zero-order chi connectivity index (χ0) is 27.6. The number of aromatic nitrogens is 1. The van der Waals surface area contributed by atoms with Crippen molar-refractivity contribution >= 4 is 36.3 Å². The monoisotopic (exact) mass is 573 g/mol. The van der Waals surface area contributed by atoms with Gasteiger partial charge in [-0.1, -0.05) is 6.07 Å². The van der Waals surface area contributed by atoms with Gasteiger partial charge in [-0.05, 0) is 13.0 Å². The molecule has 2 N–H and O–H groups in total. The minimum absolute atomic E-state index is 0. The third kappa shape index (κ3) is 6.26. The molecule has 0 saturated carbocycles. The van der Waals surface area contributed by atoms with Gasteiger partial charge < -0.3 is 38.8 Å². The van der Waals surface area contributed by atoms with Gasteiger partial charge in [-0.2, -0.15) is 0 Å². The molecule has 0 spiro atoms. The Morgan fingerprint density at radius 2 is 1.95 bits per heavy atom. The van der Waals surface area contributed by atoms with Gasteiger partial charge in [0.05, 0.1) is 19.2 Å². The second-order valence-electron chi connectivity index (χ2n) is 8.31. The summed E-state index contributed by atoms with van der Waals surface area (Å²) >= 11 is 0. The average molecular weight is 574 g/mol. The number of nitrogens with one attached hydrogen (secondary N) is 1. The number of carbonyl (C=O) groups excluding carboxylic acids is 3. The number of carbonyl (C=O) groups is 4. The highest BCUT2D eigenvalue weighted by molar-refractivity contribution is 5.99. The Hall–Kier alpha value is -4.24. The van der Waals surface area contributed by atoms with Crippen LogP contribution in [-0.4, -0.2) is 70.8 Å². The topological polar surface area (TPSA) is 163 Å². The zero-order valence-corrected chi connectivity index (χ0v) is 21.0. The fraction of sp³-hybridized carbons (Fsp3) is 0.348. The maximum Gasteiger partial charge on any atom is 0.511 e. The van der Waals surface area contributed by atoms with Crippen LogP contribution < -0.4 is 15.5 Å². The van der Waals surface area contributed by atoms with Crippen molar-refractivity contribution < 1.29 is 52.0 Å². The summed E-state index contributed by atoms with van der Waals surface area (Å²) in [6.45, 7) is -0.291. The van der Waals surface area contributed by atoms with E-state index in [0.717, 1.165) is 18.3 Å². The van der Waals surface area contributed by atoms with E-state index in [1.165, 1.54) is 9.47 Å². The summed E-state index contributed by atoms with van der Waals surface area (Å²) in [5, 5.41) is 10.9. The molecule has 13 nitrogen and oxygen atoms in total. The highest BCUT2D eigenvalue weighted by atomic mass is 35.5. The van der Waals surface area contributed by atoms with Gasteiger partial charge in [-0.15, -0.1) is 12.4 Å². The third-order valence-electron chi connectivity index (χ3n) is 5.74. The zero-order valence-electron chi connectivity index (χ0n) is 20.2. The summed E-state index contributed by atoms with van der Waals surface area (Å²) in [6.07, 6.45) is -0.957. The van der Waals surface area contributed by atoms with Crippen LogP contribution in [0.2, 0.25) is 0 Å². The molecule has 1 aromatic heterocycles. The highest BCUT2D eigenvalue weighted by Gasteiger charge is 2.43. The fourth-order valence-corrected chi connectivity index (χ4v) is 3.99. The van der Waals surface area contributed by atoms with Gasteiger partial charge in [-0.25, -0.2) is 18.4 Å². The lowest BCUT2D eigenvalue weighted by Crippen LogP contribution is -2.49. The molecule has 2 atom stereocenters. The lowest BCUT2D eigenvalue weighted by atomic mass is 10.1. The van der Waals surface area contributed by atoms with Crippen LogP contribution in [0.3, 0.4) is 0 Å². The maximum absolute atomic E-state index is 14.0. The van der Waals surface area contributed by atoms with Gasteiger partial charge in [0.25, 0.3) is 11.8 Å². The Balaban J connectivity index is 0.00000420. The lowest BCUT2D eigenvalue weighted by Gasteiger charge is -2.34. The first kappa shape index (κ1) is 29.3. The summed E-state index contributed by atoms with van der Waals surface area (Å²) < 4.78 is 48.2. The van der Waals surface area contributed by atoms with Gasteiger partial charge in [0, 0.05) is 24.4 Å². The Labute approximate surface area is 224 Å². The number of hydrogen-bond donors (Lipinski definition) is 2. The number of ether oxygens (including phenoxy) is 4. The number of halogens is 3. The first-order valence-electron chi connectivity index (χ1n) is 11.1. The Morgan fingerprint density at radius 3 is 2.64 bits per heavy atom. The van der Waals surface area contributed by atoms with E-state index in [1.54, 1.807) is 6.92 Å². The van der Waals surface area contributed by atoms with Crippen LogP contribution >= 0.6 is 12.4 Å². The van der Waals surface area contributed by atoms with Gasteiger partial charge >= 0.3 is 12.1 Å². The number of carboxylic acid groups (broad SMARTS) is 1. The van der Waals surface area contributed by atoms with Gasteiger partial charge in [0.15, 0.2) is 18.5 Å². The summed E-state index contributed by atoms with van der Waals surface area (Å²) in [5.74, 6) is -5.33. The number of amides is 2. The quantitative estimate of drug-likeness (QED) is 0.347. The second kappa shape index (κ2) is 12.1. The minimum Gasteiger partial charge on any atom is -0.479 e. The standard InChI is InChI=1S/C23H21F2N3O10.ClH/c1-11-8-35-16-7-27-6-14(21(32)26-5-12-2-3-13(24)4-15(12)25)19(31)20(18(27)22(33)28(11)16)37-10-38-23(34)36-9-17(29)30;/h2-4,6,11,16H,5,7-10H2,1H3,(H,26,32)(H,29,30);1H/t11-,16+;/m0./s1. The second-order valence-corrected chi connectivity index (χ2v) is 8.31. The van der Waals surface area contributed by atoms with Crippen molar-refractivity contribution in [3.8, 4) is 5.75 Å². The molecule has 2 aromatic rings. The van der Waals surface area contributed by atoms with Gasteiger partial charge in [0.2, 0.25) is 18.0 Å². The molecule has 3 heterocycles. The molecule has 4 rings (SSSR count).